The van der Waals surface area contributed by atoms with Crippen LogP contribution in [0.3, 0.4) is 0 Å². The lowest BCUT2D eigenvalue weighted by Gasteiger charge is -2.16. The number of nitrogens with zero attached hydrogens (tertiary/aromatic N) is 4. The number of hydrogen-bond acceptors (Lipinski definition) is 6. The van der Waals surface area contributed by atoms with Gasteiger partial charge < -0.3 is 20.1 Å². The maximum atomic E-state index is 12.5. The highest BCUT2D eigenvalue weighted by atomic mass is 35.5. The summed E-state index contributed by atoms with van der Waals surface area (Å²) in [5.74, 6) is 2.65. The molecule has 9 heteroatoms. The van der Waals surface area contributed by atoms with Gasteiger partial charge in [0.2, 0.25) is 5.91 Å². The van der Waals surface area contributed by atoms with Crippen molar-refractivity contribution < 1.29 is 14.3 Å². The van der Waals surface area contributed by atoms with Crippen LogP contribution in [0, 0.1) is 0 Å². The van der Waals surface area contributed by atoms with E-state index in [0.29, 0.717) is 29.6 Å². The average molecular weight is 410 g/mol. The summed E-state index contributed by atoms with van der Waals surface area (Å²) in [6.45, 7) is 3.66. The highest BCUT2D eigenvalue weighted by Crippen LogP contribution is 2.28. The van der Waals surface area contributed by atoms with E-state index in [9.17, 15) is 4.79 Å². The van der Waals surface area contributed by atoms with Gasteiger partial charge in [0.1, 0.15) is 12.4 Å². The molecular weight excluding hydrogens is 382 g/mol. The molecule has 1 atom stereocenters. The number of ether oxygens (including phenoxy) is 2. The molecule has 0 spiro atoms. The van der Waals surface area contributed by atoms with Crippen LogP contribution in [-0.4, -0.2) is 52.9 Å². The molecule has 1 aliphatic rings. The number of likely N-dealkylation sites (tertiary alicyclic amines) is 1. The molecule has 2 N–H and O–H groups in total. The van der Waals surface area contributed by atoms with Crippen molar-refractivity contribution in [2.24, 2.45) is 5.73 Å². The number of carbonyl (C=O) groups excluding carboxylic acids is 1. The summed E-state index contributed by atoms with van der Waals surface area (Å²) in [5, 5.41) is 4.54. The van der Waals surface area contributed by atoms with Crippen molar-refractivity contribution in [2.45, 2.75) is 38.8 Å². The Bertz CT molecular complexity index is 803. The van der Waals surface area contributed by atoms with Crippen molar-refractivity contribution in [1.82, 2.24) is 19.7 Å². The second-order valence-corrected chi connectivity index (χ2v) is 6.79. The molecule has 0 saturated carbocycles. The number of carbonyl (C=O) groups is 1. The molecule has 1 aromatic heterocycles. The lowest BCUT2D eigenvalue weighted by Crippen LogP contribution is -2.32. The van der Waals surface area contributed by atoms with E-state index in [1.54, 1.807) is 18.9 Å². The number of methoxy groups -OCH3 is 2. The van der Waals surface area contributed by atoms with Gasteiger partial charge in [0, 0.05) is 19.5 Å². The molecule has 1 aliphatic heterocycles. The lowest BCUT2D eigenvalue weighted by atomic mass is 10.1. The highest BCUT2D eigenvalue weighted by molar-refractivity contribution is 5.85. The molecule has 8 nitrogen and oxygen atoms in total. The van der Waals surface area contributed by atoms with Crippen molar-refractivity contribution >= 4 is 18.3 Å². The van der Waals surface area contributed by atoms with E-state index in [1.807, 2.05) is 30.0 Å². The Morgan fingerprint density at radius 3 is 2.50 bits per heavy atom. The van der Waals surface area contributed by atoms with Crippen LogP contribution in [-0.2, 0) is 17.8 Å². The van der Waals surface area contributed by atoms with Crippen LogP contribution in [0.2, 0.25) is 0 Å². The summed E-state index contributed by atoms with van der Waals surface area (Å²) in [6.07, 6.45) is 2.65. The summed E-state index contributed by atoms with van der Waals surface area (Å²) in [5.41, 5.74) is 7.04. The summed E-state index contributed by atoms with van der Waals surface area (Å²) >= 11 is 0. The van der Waals surface area contributed by atoms with E-state index < -0.39 is 0 Å². The zero-order chi connectivity index (χ0) is 19.4. The third kappa shape index (κ3) is 4.94. The molecule has 0 aliphatic carbocycles. The zero-order valence-corrected chi connectivity index (χ0v) is 17.4. The van der Waals surface area contributed by atoms with Gasteiger partial charge in [0.25, 0.3) is 0 Å². The monoisotopic (exact) mass is 409 g/mol. The first-order valence-corrected chi connectivity index (χ1v) is 9.19. The van der Waals surface area contributed by atoms with Gasteiger partial charge in [-0.05, 0) is 37.5 Å². The number of benzene rings is 1. The third-order valence-corrected chi connectivity index (χ3v) is 4.71. The lowest BCUT2D eigenvalue weighted by molar-refractivity contribution is -0.131. The largest absolute Gasteiger partial charge is 0.493 e. The number of amides is 1. The normalized spacial score (nSPS) is 14.5. The van der Waals surface area contributed by atoms with Gasteiger partial charge in [-0.3, -0.25) is 4.79 Å². The average Bonchev–Trinajstić information content (AvgIpc) is 3.31. The van der Waals surface area contributed by atoms with Gasteiger partial charge in [-0.2, -0.15) is 5.10 Å². The quantitative estimate of drug-likeness (QED) is 0.750. The van der Waals surface area contributed by atoms with Crippen LogP contribution in [0.25, 0.3) is 0 Å². The van der Waals surface area contributed by atoms with Crippen molar-refractivity contribution in [3.8, 4) is 11.5 Å². The Kier molecular flexibility index (Phi) is 7.65. The smallest absolute Gasteiger partial charge is 0.244 e. The second-order valence-electron chi connectivity index (χ2n) is 6.79. The van der Waals surface area contributed by atoms with Crippen LogP contribution in [0.1, 0.15) is 43.0 Å². The number of hydrogen-bond donors (Lipinski definition) is 1. The summed E-state index contributed by atoms with van der Waals surface area (Å²) in [6, 6.07) is 5.40. The molecule has 0 bridgehead atoms. The first kappa shape index (κ1) is 22.0. The predicted octanol–water partition coefficient (Wildman–Crippen LogP) is 1.95. The maximum absolute atomic E-state index is 12.5. The Hall–Kier alpha value is -2.32. The van der Waals surface area contributed by atoms with Crippen LogP contribution in [0.15, 0.2) is 18.2 Å². The molecule has 1 saturated heterocycles. The third-order valence-electron chi connectivity index (χ3n) is 4.71. The van der Waals surface area contributed by atoms with E-state index in [0.717, 1.165) is 31.5 Å². The van der Waals surface area contributed by atoms with Crippen LogP contribution < -0.4 is 15.2 Å². The minimum Gasteiger partial charge on any atom is -0.493 e. The molecule has 2 aromatic rings. The summed E-state index contributed by atoms with van der Waals surface area (Å²) in [7, 11) is 3.21. The van der Waals surface area contributed by atoms with Crippen LogP contribution >= 0.6 is 12.4 Å². The van der Waals surface area contributed by atoms with Gasteiger partial charge in [-0.25, -0.2) is 9.67 Å². The minimum absolute atomic E-state index is 0. The summed E-state index contributed by atoms with van der Waals surface area (Å²) < 4.78 is 12.3. The molecule has 154 valence electrons. The van der Waals surface area contributed by atoms with E-state index >= 15 is 0 Å². The Balaban J connectivity index is 0.00000280. The van der Waals surface area contributed by atoms with Crippen molar-refractivity contribution in [1.29, 1.82) is 0 Å². The van der Waals surface area contributed by atoms with Gasteiger partial charge in [-0.15, -0.1) is 12.4 Å². The van der Waals surface area contributed by atoms with Crippen LogP contribution in [0.5, 0.6) is 11.5 Å². The fraction of sp³-hybridized carbons (Fsp3) is 0.526. The first-order chi connectivity index (χ1) is 13.0. The molecule has 1 aromatic carbocycles. The molecule has 0 unspecified atom stereocenters. The molecular formula is C19H28ClN5O3. The molecule has 28 heavy (non-hydrogen) atoms. The molecule has 0 radical (unpaired) electrons. The van der Waals surface area contributed by atoms with Crippen molar-refractivity contribution in [3.05, 3.63) is 35.4 Å². The Labute approximate surface area is 171 Å². The number of aromatic nitrogens is 3. The van der Waals surface area contributed by atoms with Crippen LogP contribution in [0.4, 0.5) is 0 Å². The predicted molar refractivity (Wildman–Crippen MR) is 108 cm³/mol. The minimum atomic E-state index is -0.303. The summed E-state index contributed by atoms with van der Waals surface area (Å²) in [4.78, 5) is 18.9. The van der Waals surface area contributed by atoms with Gasteiger partial charge in [0.05, 0.1) is 20.3 Å². The maximum Gasteiger partial charge on any atom is 0.244 e. The van der Waals surface area contributed by atoms with Gasteiger partial charge >= 0.3 is 0 Å². The van der Waals surface area contributed by atoms with E-state index in [1.165, 1.54) is 0 Å². The van der Waals surface area contributed by atoms with E-state index in [-0.39, 0.29) is 30.9 Å². The number of rotatable bonds is 7. The SMILES string of the molecule is COc1ccc(Cc2nc([C@@H](C)N)n(CC(=O)N3CCCC3)n2)cc1OC.Cl. The molecule has 1 fully saturated rings. The zero-order valence-electron chi connectivity index (χ0n) is 16.6. The Morgan fingerprint density at radius 2 is 1.89 bits per heavy atom. The van der Waals surface area contributed by atoms with E-state index in [4.69, 9.17) is 15.2 Å². The van der Waals surface area contributed by atoms with Gasteiger partial charge in [0.15, 0.2) is 17.3 Å². The van der Waals surface area contributed by atoms with E-state index in [2.05, 4.69) is 10.1 Å². The Morgan fingerprint density at radius 1 is 1.21 bits per heavy atom. The second kappa shape index (κ2) is 9.75. The molecule has 3 rings (SSSR count). The van der Waals surface area contributed by atoms with Gasteiger partial charge in [-0.1, -0.05) is 6.07 Å². The fourth-order valence-corrected chi connectivity index (χ4v) is 3.30. The van der Waals surface area contributed by atoms with Crippen molar-refractivity contribution in [2.75, 3.05) is 27.3 Å². The topological polar surface area (TPSA) is 95.5 Å². The standard InChI is InChI=1S/C19H27N5O3.ClH/c1-13(20)19-21-17(11-14-6-7-15(26-2)16(10-14)27-3)22-24(19)12-18(25)23-8-4-5-9-23;/h6-7,10,13H,4-5,8-9,11-12,20H2,1-3H3;1H/t13-;/m1./s1. The fourth-order valence-electron chi connectivity index (χ4n) is 3.30. The highest BCUT2D eigenvalue weighted by Gasteiger charge is 2.22. The molecule has 1 amide bonds. The molecule has 2 heterocycles. The number of halogens is 1. The first-order valence-electron chi connectivity index (χ1n) is 9.19. The van der Waals surface area contributed by atoms with Crippen molar-refractivity contribution in [3.63, 3.8) is 0 Å². The number of nitrogens with two attached hydrogens (primary N) is 1.